The van der Waals surface area contributed by atoms with E-state index >= 15 is 0 Å². The number of likely N-dealkylation sites (N-methyl/N-ethyl adjacent to an activating group) is 1. The Morgan fingerprint density at radius 3 is 2.43 bits per heavy atom. The van der Waals surface area contributed by atoms with Crippen LogP contribution in [0.25, 0.3) is 0 Å². The summed E-state index contributed by atoms with van der Waals surface area (Å²) in [7, 11) is 3.21. The van der Waals surface area contributed by atoms with Gasteiger partial charge >= 0.3 is 0 Å². The van der Waals surface area contributed by atoms with Gasteiger partial charge in [0.05, 0.1) is 13.5 Å². The van der Waals surface area contributed by atoms with Gasteiger partial charge in [0, 0.05) is 13.6 Å². The molecule has 0 saturated heterocycles. The van der Waals surface area contributed by atoms with Gasteiger partial charge in [0.1, 0.15) is 11.8 Å². The van der Waals surface area contributed by atoms with Crippen molar-refractivity contribution in [2.45, 2.75) is 46.2 Å². The van der Waals surface area contributed by atoms with Crippen LogP contribution in [0.2, 0.25) is 0 Å². The second kappa shape index (κ2) is 9.93. The van der Waals surface area contributed by atoms with Crippen LogP contribution in [0.3, 0.4) is 0 Å². The van der Waals surface area contributed by atoms with Crippen molar-refractivity contribution in [2.75, 3.05) is 14.2 Å². The van der Waals surface area contributed by atoms with E-state index in [1.807, 2.05) is 56.3 Å². The summed E-state index contributed by atoms with van der Waals surface area (Å²) in [4.78, 5) is 27.3. The van der Waals surface area contributed by atoms with E-state index in [0.29, 0.717) is 13.0 Å². The van der Waals surface area contributed by atoms with Gasteiger partial charge in [0.2, 0.25) is 11.8 Å². The Labute approximate surface area is 167 Å². The van der Waals surface area contributed by atoms with E-state index in [9.17, 15) is 9.59 Å². The first-order chi connectivity index (χ1) is 13.4. The summed E-state index contributed by atoms with van der Waals surface area (Å²) in [6, 6.07) is 13.1. The van der Waals surface area contributed by atoms with Crippen molar-refractivity contribution in [3.05, 3.63) is 64.7 Å². The molecule has 0 heterocycles. The molecule has 0 aromatic heterocycles. The molecule has 5 nitrogen and oxygen atoms in total. The molecule has 0 unspecified atom stereocenters. The van der Waals surface area contributed by atoms with Gasteiger partial charge in [-0.15, -0.1) is 0 Å². The zero-order valence-corrected chi connectivity index (χ0v) is 17.4. The number of ether oxygens (including phenoxy) is 1. The Morgan fingerprint density at radius 1 is 1.07 bits per heavy atom. The number of carbonyl (C=O) groups is 2. The Kier molecular flexibility index (Phi) is 7.61. The Balaban J connectivity index is 2.31. The van der Waals surface area contributed by atoms with Gasteiger partial charge in [-0.25, -0.2) is 0 Å². The van der Waals surface area contributed by atoms with Gasteiger partial charge in [0.25, 0.3) is 0 Å². The van der Waals surface area contributed by atoms with E-state index in [1.54, 1.807) is 19.1 Å². The zero-order valence-electron chi connectivity index (χ0n) is 17.4. The van der Waals surface area contributed by atoms with Crippen LogP contribution in [-0.4, -0.2) is 36.9 Å². The number of aryl methyl sites for hydroxylation is 2. The lowest BCUT2D eigenvalue weighted by molar-refractivity contribution is -0.140. The molecular formula is C23H30N2O3. The maximum atomic E-state index is 13.2. The molecule has 2 aromatic rings. The van der Waals surface area contributed by atoms with Crippen LogP contribution < -0.4 is 10.1 Å². The molecule has 1 atom stereocenters. The van der Waals surface area contributed by atoms with Crippen molar-refractivity contribution in [3.63, 3.8) is 0 Å². The lowest BCUT2D eigenvalue weighted by Gasteiger charge is -2.30. The topological polar surface area (TPSA) is 58.6 Å². The molecule has 0 aliphatic carbocycles. The summed E-state index contributed by atoms with van der Waals surface area (Å²) in [5.74, 6) is 0.507. The quantitative estimate of drug-likeness (QED) is 0.761. The van der Waals surface area contributed by atoms with E-state index in [1.165, 1.54) is 5.56 Å². The first-order valence-corrected chi connectivity index (χ1v) is 9.59. The largest absolute Gasteiger partial charge is 0.497 e. The summed E-state index contributed by atoms with van der Waals surface area (Å²) in [6.45, 7) is 6.36. The summed E-state index contributed by atoms with van der Waals surface area (Å²) in [5, 5.41) is 2.68. The normalized spacial score (nSPS) is 11.6. The molecule has 1 N–H and O–H groups in total. The van der Waals surface area contributed by atoms with Crippen molar-refractivity contribution < 1.29 is 14.3 Å². The maximum Gasteiger partial charge on any atom is 0.242 e. The number of hydrogen-bond donors (Lipinski definition) is 1. The molecular weight excluding hydrogens is 352 g/mol. The van der Waals surface area contributed by atoms with Gasteiger partial charge in [-0.05, 0) is 54.7 Å². The molecule has 0 aliphatic rings. The number of nitrogens with one attached hydrogen (secondary N) is 1. The molecule has 5 heteroatoms. The SMILES string of the molecule is CC[C@@H](C(=O)NC)N(Cc1cccc(OC)c1)C(=O)Cc1ccc(C)c(C)c1. The van der Waals surface area contributed by atoms with E-state index < -0.39 is 6.04 Å². The minimum atomic E-state index is -0.518. The average Bonchev–Trinajstić information content (AvgIpc) is 2.70. The van der Waals surface area contributed by atoms with Crippen molar-refractivity contribution in [1.82, 2.24) is 10.2 Å². The number of hydrogen-bond acceptors (Lipinski definition) is 3. The van der Waals surface area contributed by atoms with E-state index in [2.05, 4.69) is 12.2 Å². The van der Waals surface area contributed by atoms with Gasteiger partial charge in [-0.3, -0.25) is 9.59 Å². The number of methoxy groups -OCH3 is 1. The van der Waals surface area contributed by atoms with Gasteiger partial charge < -0.3 is 15.0 Å². The van der Waals surface area contributed by atoms with Crippen LogP contribution in [0.5, 0.6) is 5.75 Å². The lowest BCUT2D eigenvalue weighted by Crippen LogP contribution is -2.48. The van der Waals surface area contributed by atoms with Crippen LogP contribution in [0.4, 0.5) is 0 Å². The monoisotopic (exact) mass is 382 g/mol. The minimum Gasteiger partial charge on any atom is -0.497 e. The van der Waals surface area contributed by atoms with Crippen LogP contribution in [0.15, 0.2) is 42.5 Å². The molecule has 0 spiro atoms. The first kappa shape index (κ1) is 21.5. The standard InChI is InChI=1S/C23H30N2O3/c1-6-21(23(27)24-4)25(15-19-8-7-9-20(13-19)28-5)22(26)14-18-11-10-16(2)17(3)12-18/h7-13,21H,6,14-15H2,1-5H3,(H,24,27)/t21-/m0/s1. The Bertz CT molecular complexity index is 832. The molecule has 2 aromatic carbocycles. The lowest BCUT2D eigenvalue weighted by atomic mass is 10.0. The van der Waals surface area contributed by atoms with Gasteiger partial charge in [-0.2, -0.15) is 0 Å². The van der Waals surface area contributed by atoms with Gasteiger partial charge in [0.15, 0.2) is 0 Å². The number of amides is 2. The fourth-order valence-electron chi connectivity index (χ4n) is 3.24. The average molecular weight is 383 g/mol. The Hall–Kier alpha value is -2.82. The van der Waals surface area contributed by atoms with Crippen LogP contribution >= 0.6 is 0 Å². The third-order valence-corrected chi connectivity index (χ3v) is 5.05. The fraction of sp³-hybridized carbons (Fsp3) is 0.391. The van der Waals surface area contributed by atoms with E-state index in [0.717, 1.165) is 22.4 Å². The predicted octanol–water partition coefficient (Wildman–Crippen LogP) is 3.41. The van der Waals surface area contributed by atoms with Crippen LogP contribution in [0, 0.1) is 13.8 Å². The fourth-order valence-corrected chi connectivity index (χ4v) is 3.24. The van der Waals surface area contributed by atoms with Crippen LogP contribution in [0.1, 0.15) is 35.6 Å². The summed E-state index contributed by atoms with van der Waals surface area (Å²) in [6.07, 6.45) is 0.806. The van der Waals surface area contributed by atoms with Crippen molar-refractivity contribution in [3.8, 4) is 5.75 Å². The molecule has 2 rings (SSSR count). The predicted molar refractivity (Wildman–Crippen MR) is 111 cm³/mol. The zero-order chi connectivity index (χ0) is 20.7. The molecule has 0 fully saturated rings. The van der Waals surface area contributed by atoms with Crippen molar-refractivity contribution >= 4 is 11.8 Å². The van der Waals surface area contributed by atoms with E-state index in [4.69, 9.17) is 4.74 Å². The molecule has 0 bridgehead atoms. The van der Waals surface area contributed by atoms with Gasteiger partial charge in [-0.1, -0.05) is 37.3 Å². The summed E-state index contributed by atoms with van der Waals surface area (Å²) in [5.41, 5.74) is 4.23. The highest BCUT2D eigenvalue weighted by atomic mass is 16.5. The maximum absolute atomic E-state index is 13.2. The highest BCUT2D eigenvalue weighted by Gasteiger charge is 2.28. The molecule has 150 valence electrons. The third-order valence-electron chi connectivity index (χ3n) is 5.05. The molecule has 0 radical (unpaired) electrons. The highest BCUT2D eigenvalue weighted by molar-refractivity contribution is 5.88. The summed E-state index contributed by atoms with van der Waals surface area (Å²) < 4.78 is 5.29. The highest BCUT2D eigenvalue weighted by Crippen LogP contribution is 2.19. The van der Waals surface area contributed by atoms with Crippen LogP contribution in [-0.2, 0) is 22.6 Å². The molecule has 28 heavy (non-hydrogen) atoms. The smallest absolute Gasteiger partial charge is 0.242 e. The summed E-state index contributed by atoms with van der Waals surface area (Å²) >= 11 is 0. The first-order valence-electron chi connectivity index (χ1n) is 9.59. The number of rotatable bonds is 8. The molecule has 0 aliphatic heterocycles. The van der Waals surface area contributed by atoms with Crippen molar-refractivity contribution in [1.29, 1.82) is 0 Å². The second-order valence-corrected chi connectivity index (χ2v) is 7.01. The molecule has 0 saturated carbocycles. The number of nitrogens with zero attached hydrogens (tertiary/aromatic N) is 1. The van der Waals surface area contributed by atoms with Crippen molar-refractivity contribution in [2.24, 2.45) is 0 Å². The third kappa shape index (κ3) is 5.35. The van der Waals surface area contributed by atoms with E-state index in [-0.39, 0.29) is 18.2 Å². The number of benzene rings is 2. The second-order valence-electron chi connectivity index (χ2n) is 7.01. The molecule has 2 amide bonds. The number of carbonyl (C=O) groups excluding carboxylic acids is 2. The Morgan fingerprint density at radius 2 is 1.82 bits per heavy atom. The minimum absolute atomic E-state index is 0.0680.